The maximum Gasteiger partial charge on any atom is 0.251 e. The van der Waals surface area contributed by atoms with Crippen LogP contribution in [0, 0.1) is 11.7 Å². The fourth-order valence-electron chi connectivity index (χ4n) is 2.65. The first-order valence-corrected chi connectivity index (χ1v) is 7.84. The van der Waals surface area contributed by atoms with Crippen molar-refractivity contribution in [1.29, 1.82) is 0 Å². The van der Waals surface area contributed by atoms with Gasteiger partial charge in [0.2, 0.25) is 5.91 Å². The minimum atomic E-state index is -0.546. The van der Waals surface area contributed by atoms with Crippen LogP contribution >= 0.6 is 0 Å². The minimum absolute atomic E-state index is 0.00109. The molecule has 0 aromatic heterocycles. The normalized spacial score (nSPS) is 16.5. The first kappa shape index (κ1) is 16.5. The number of amides is 2. The van der Waals surface area contributed by atoms with E-state index in [9.17, 15) is 14.0 Å². The Bertz CT molecular complexity index is 522. The van der Waals surface area contributed by atoms with Crippen LogP contribution in [0.5, 0.6) is 0 Å². The van der Waals surface area contributed by atoms with E-state index in [0.717, 1.165) is 32.4 Å². The van der Waals surface area contributed by atoms with Gasteiger partial charge in [-0.05, 0) is 49.4 Å². The molecule has 1 fully saturated rings. The number of piperidine rings is 1. The molecule has 1 aliphatic heterocycles. The molecule has 1 N–H and O–H groups in total. The van der Waals surface area contributed by atoms with Crippen molar-refractivity contribution in [2.45, 2.75) is 39.2 Å². The minimum Gasteiger partial charge on any atom is -0.341 e. The zero-order chi connectivity index (χ0) is 16.1. The molecule has 0 unspecified atom stereocenters. The topological polar surface area (TPSA) is 49.4 Å². The number of carbonyl (C=O) groups excluding carboxylic acids is 2. The quantitative estimate of drug-likeness (QED) is 0.929. The van der Waals surface area contributed by atoms with E-state index < -0.39 is 6.04 Å². The smallest absolute Gasteiger partial charge is 0.251 e. The van der Waals surface area contributed by atoms with Crippen LogP contribution in [0.25, 0.3) is 0 Å². The van der Waals surface area contributed by atoms with E-state index in [4.69, 9.17) is 0 Å². The molecule has 2 rings (SSSR count). The molecule has 4 nitrogen and oxygen atoms in total. The highest BCUT2D eigenvalue weighted by Gasteiger charge is 2.29. The molecule has 1 atom stereocenters. The summed E-state index contributed by atoms with van der Waals surface area (Å²) in [5.41, 5.74) is 0.360. The number of likely N-dealkylation sites (tertiary alicyclic amines) is 1. The van der Waals surface area contributed by atoms with Crippen LogP contribution in [-0.2, 0) is 4.79 Å². The Morgan fingerprint density at radius 1 is 1.09 bits per heavy atom. The highest BCUT2D eigenvalue weighted by atomic mass is 19.1. The third-order valence-electron chi connectivity index (χ3n) is 3.99. The van der Waals surface area contributed by atoms with E-state index in [0.29, 0.717) is 5.56 Å². The molecule has 1 aromatic rings. The number of carbonyl (C=O) groups is 2. The van der Waals surface area contributed by atoms with Gasteiger partial charge in [-0.1, -0.05) is 13.8 Å². The third kappa shape index (κ3) is 4.06. The van der Waals surface area contributed by atoms with Gasteiger partial charge in [0.15, 0.2) is 0 Å². The predicted octanol–water partition coefficient (Wildman–Crippen LogP) is 2.59. The number of nitrogens with zero attached hydrogens (tertiary/aromatic N) is 1. The molecule has 0 spiro atoms. The van der Waals surface area contributed by atoms with E-state index in [1.807, 2.05) is 18.7 Å². The second-order valence-corrected chi connectivity index (χ2v) is 6.09. The van der Waals surface area contributed by atoms with Gasteiger partial charge in [0.05, 0.1) is 0 Å². The maximum absolute atomic E-state index is 12.9. The Labute approximate surface area is 130 Å². The molecule has 2 amide bonds. The van der Waals surface area contributed by atoms with Gasteiger partial charge in [-0.2, -0.15) is 0 Å². The summed E-state index contributed by atoms with van der Waals surface area (Å²) in [5, 5.41) is 2.80. The highest BCUT2D eigenvalue weighted by Crippen LogP contribution is 2.14. The van der Waals surface area contributed by atoms with E-state index in [1.54, 1.807) is 0 Å². The van der Waals surface area contributed by atoms with Gasteiger partial charge in [-0.15, -0.1) is 0 Å². The van der Waals surface area contributed by atoms with E-state index in [1.165, 1.54) is 24.3 Å². The number of rotatable bonds is 4. The van der Waals surface area contributed by atoms with Crippen molar-refractivity contribution >= 4 is 11.8 Å². The highest BCUT2D eigenvalue weighted by molar-refractivity contribution is 5.97. The van der Waals surface area contributed by atoms with E-state index in [2.05, 4.69) is 5.32 Å². The van der Waals surface area contributed by atoms with Gasteiger partial charge in [-0.3, -0.25) is 9.59 Å². The molecule has 5 heteroatoms. The number of halogens is 1. The fraction of sp³-hybridized carbons (Fsp3) is 0.529. The summed E-state index contributed by atoms with van der Waals surface area (Å²) in [6.45, 7) is 5.35. The van der Waals surface area contributed by atoms with Gasteiger partial charge in [0, 0.05) is 18.7 Å². The van der Waals surface area contributed by atoms with Gasteiger partial charge >= 0.3 is 0 Å². The molecule has 0 bridgehead atoms. The number of hydrogen-bond acceptors (Lipinski definition) is 2. The molecule has 120 valence electrons. The average Bonchev–Trinajstić information content (AvgIpc) is 2.53. The Hall–Kier alpha value is -1.91. The molecule has 0 radical (unpaired) electrons. The lowest BCUT2D eigenvalue weighted by atomic mass is 10.0. The first-order chi connectivity index (χ1) is 10.5. The van der Waals surface area contributed by atoms with Crippen LogP contribution in [0.3, 0.4) is 0 Å². The number of nitrogens with one attached hydrogen (secondary N) is 1. The summed E-state index contributed by atoms with van der Waals surface area (Å²) < 4.78 is 12.9. The van der Waals surface area contributed by atoms with Crippen molar-refractivity contribution in [3.05, 3.63) is 35.6 Å². The van der Waals surface area contributed by atoms with Crippen LogP contribution in [0.15, 0.2) is 24.3 Å². The fourth-order valence-corrected chi connectivity index (χ4v) is 2.65. The van der Waals surface area contributed by atoms with Crippen LogP contribution in [0.4, 0.5) is 4.39 Å². The molecule has 1 saturated heterocycles. The van der Waals surface area contributed by atoms with Gasteiger partial charge in [-0.25, -0.2) is 4.39 Å². The van der Waals surface area contributed by atoms with E-state index >= 15 is 0 Å². The Balaban J connectivity index is 2.06. The maximum atomic E-state index is 12.9. The molecule has 1 aliphatic rings. The predicted molar refractivity (Wildman–Crippen MR) is 82.9 cm³/mol. The summed E-state index contributed by atoms with van der Waals surface area (Å²) in [6, 6.07) is 4.79. The molecular weight excluding hydrogens is 283 g/mol. The lowest BCUT2D eigenvalue weighted by Gasteiger charge is -2.32. The van der Waals surface area contributed by atoms with Crippen molar-refractivity contribution in [3.8, 4) is 0 Å². The number of hydrogen-bond donors (Lipinski definition) is 1. The van der Waals surface area contributed by atoms with Gasteiger partial charge < -0.3 is 10.2 Å². The summed E-state index contributed by atoms with van der Waals surface area (Å²) in [7, 11) is 0. The summed E-state index contributed by atoms with van der Waals surface area (Å²) in [4.78, 5) is 26.7. The van der Waals surface area contributed by atoms with Crippen LogP contribution in [-0.4, -0.2) is 35.8 Å². The molecule has 0 saturated carbocycles. The van der Waals surface area contributed by atoms with Crippen molar-refractivity contribution in [1.82, 2.24) is 10.2 Å². The largest absolute Gasteiger partial charge is 0.341 e. The Kier molecular flexibility index (Phi) is 5.52. The van der Waals surface area contributed by atoms with Crippen molar-refractivity contribution in [2.75, 3.05) is 13.1 Å². The first-order valence-electron chi connectivity index (χ1n) is 7.84. The average molecular weight is 306 g/mol. The summed E-state index contributed by atoms with van der Waals surface area (Å²) in [6.07, 6.45) is 3.18. The molecule has 1 aromatic carbocycles. The molecular formula is C17H23FN2O2. The molecule has 0 aliphatic carbocycles. The Morgan fingerprint density at radius 2 is 1.68 bits per heavy atom. The van der Waals surface area contributed by atoms with Crippen LogP contribution in [0.1, 0.15) is 43.5 Å². The second-order valence-electron chi connectivity index (χ2n) is 6.09. The molecule has 22 heavy (non-hydrogen) atoms. The van der Waals surface area contributed by atoms with Crippen molar-refractivity contribution < 1.29 is 14.0 Å². The monoisotopic (exact) mass is 306 g/mol. The second kappa shape index (κ2) is 7.38. The number of benzene rings is 1. The summed E-state index contributed by atoms with van der Waals surface area (Å²) in [5.74, 6) is -0.755. The molecule has 1 heterocycles. The zero-order valence-corrected chi connectivity index (χ0v) is 13.1. The van der Waals surface area contributed by atoms with Gasteiger partial charge in [0.1, 0.15) is 11.9 Å². The van der Waals surface area contributed by atoms with Crippen molar-refractivity contribution in [3.63, 3.8) is 0 Å². The van der Waals surface area contributed by atoms with E-state index in [-0.39, 0.29) is 23.5 Å². The standard InChI is InChI=1S/C17H23FN2O2/c1-12(2)15(17(22)20-10-4-3-5-11-20)19-16(21)13-6-8-14(18)9-7-13/h6-9,12,15H,3-5,10-11H2,1-2H3,(H,19,21)/t15-/m1/s1. The third-order valence-corrected chi connectivity index (χ3v) is 3.99. The SMILES string of the molecule is CC(C)[C@@H](NC(=O)c1ccc(F)cc1)C(=O)N1CCCCC1. The zero-order valence-electron chi connectivity index (χ0n) is 13.1. The Morgan fingerprint density at radius 3 is 2.23 bits per heavy atom. The van der Waals surface area contributed by atoms with Crippen LogP contribution < -0.4 is 5.32 Å². The van der Waals surface area contributed by atoms with Crippen molar-refractivity contribution in [2.24, 2.45) is 5.92 Å². The lowest BCUT2D eigenvalue weighted by Crippen LogP contribution is -2.52. The van der Waals surface area contributed by atoms with Gasteiger partial charge in [0.25, 0.3) is 5.91 Å². The summed E-state index contributed by atoms with van der Waals surface area (Å²) >= 11 is 0. The van der Waals surface area contributed by atoms with Crippen LogP contribution in [0.2, 0.25) is 0 Å². The lowest BCUT2D eigenvalue weighted by molar-refractivity contribution is -0.135.